The van der Waals surface area contributed by atoms with E-state index in [9.17, 15) is 8.78 Å². The second-order valence-corrected chi connectivity index (χ2v) is 4.52. The molecule has 0 bridgehead atoms. The van der Waals surface area contributed by atoms with Crippen molar-refractivity contribution in [3.8, 4) is 0 Å². The Morgan fingerprint density at radius 3 is 2.62 bits per heavy atom. The molecule has 1 aromatic rings. The molecular formula is C12H16F2N2. The third kappa shape index (κ3) is 2.39. The van der Waals surface area contributed by atoms with Crippen LogP contribution >= 0.6 is 0 Å². The Labute approximate surface area is 93.8 Å². The molecule has 1 unspecified atom stereocenters. The van der Waals surface area contributed by atoms with Gasteiger partial charge >= 0.3 is 0 Å². The van der Waals surface area contributed by atoms with Gasteiger partial charge in [0, 0.05) is 17.7 Å². The minimum atomic E-state index is -0.522. The molecule has 2 rings (SSSR count). The van der Waals surface area contributed by atoms with Gasteiger partial charge in [-0.25, -0.2) is 8.78 Å². The number of aryl methyl sites for hydroxylation is 1. The lowest BCUT2D eigenvalue weighted by molar-refractivity contribution is 0.458. The Hall–Kier alpha value is -1.00. The van der Waals surface area contributed by atoms with Gasteiger partial charge in [0.25, 0.3) is 0 Å². The summed E-state index contributed by atoms with van der Waals surface area (Å²) in [6.07, 6.45) is 3.18. The zero-order chi connectivity index (χ0) is 11.7. The predicted octanol–water partition coefficient (Wildman–Crippen LogP) is 2.58. The van der Waals surface area contributed by atoms with Gasteiger partial charge in [0.15, 0.2) is 0 Å². The van der Waals surface area contributed by atoms with E-state index in [1.165, 1.54) is 18.9 Å². The maximum atomic E-state index is 13.6. The van der Waals surface area contributed by atoms with Crippen LogP contribution in [0.2, 0.25) is 0 Å². The summed E-state index contributed by atoms with van der Waals surface area (Å²) in [6, 6.07) is 2.26. The summed E-state index contributed by atoms with van der Waals surface area (Å²) in [7, 11) is 0. The number of hydrogen-bond acceptors (Lipinski definition) is 2. The largest absolute Gasteiger partial charge is 0.271 e. The van der Waals surface area contributed by atoms with E-state index in [4.69, 9.17) is 5.84 Å². The van der Waals surface area contributed by atoms with Crippen LogP contribution in [0.25, 0.3) is 0 Å². The number of benzene rings is 1. The van der Waals surface area contributed by atoms with Crippen molar-refractivity contribution in [3.63, 3.8) is 0 Å². The molecule has 0 aromatic heterocycles. The van der Waals surface area contributed by atoms with E-state index in [0.717, 1.165) is 12.5 Å². The standard InChI is InChI=1S/C12H16F2N2/c1-7-4-9(11(14)6-10(7)13)12(16-15)5-8-2-3-8/h4,6,8,12,16H,2-3,5,15H2,1H3. The Morgan fingerprint density at radius 2 is 2.06 bits per heavy atom. The molecule has 16 heavy (non-hydrogen) atoms. The summed E-state index contributed by atoms with van der Waals surface area (Å²) in [5.74, 6) is 5.03. The van der Waals surface area contributed by atoms with Crippen LogP contribution in [0.4, 0.5) is 8.78 Å². The van der Waals surface area contributed by atoms with Crippen LogP contribution < -0.4 is 11.3 Å². The first-order valence-corrected chi connectivity index (χ1v) is 5.53. The average molecular weight is 226 g/mol. The van der Waals surface area contributed by atoms with Crippen molar-refractivity contribution in [2.45, 2.75) is 32.2 Å². The van der Waals surface area contributed by atoms with E-state index in [0.29, 0.717) is 17.0 Å². The number of hydrazine groups is 1. The number of rotatable bonds is 4. The van der Waals surface area contributed by atoms with Crippen LogP contribution in [0.5, 0.6) is 0 Å². The van der Waals surface area contributed by atoms with Crippen molar-refractivity contribution in [1.82, 2.24) is 5.43 Å². The number of nitrogens with one attached hydrogen (secondary N) is 1. The Morgan fingerprint density at radius 1 is 1.38 bits per heavy atom. The number of nitrogens with two attached hydrogens (primary N) is 1. The van der Waals surface area contributed by atoms with Gasteiger partial charge in [-0.05, 0) is 30.9 Å². The molecular weight excluding hydrogens is 210 g/mol. The molecule has 4 heteroatoms. The van der Waals surface area contributed by atoms with Crippen LogP contribution in [-0.2, 0) is 0 Å². The Bertz CT molecular complexity index is 389. The lowest BCUT2D eigenvalue weighted by atomic mass is 9.99. The minimum absolute atomic E-state index is 0.216. The molecule has 1 aliphatic carbocycles. The smallest absolute Gasteiger partial charge is 0.130 e. The molecule has 0 heterocycles. The predicted molar refractivity (Wildman–Crippen MR) is 58.5 cm³/mol. The highest BCUT2D eigenvalue weighted by Gasteiger charge is 2.27. The van der Waals surface area contributed by atoms with Crippen molar-refractivity contribution in [1.29, 1.82) is 0 Å². The number of halogens is 2. The zero-order valence-electron chi connectivity index (χ0n) is 9.26. The van der Waals surface area contributed by atoms with Crippen LogP contribution in [0.1, 0.15) is 36.4 Å². The van der Waals surface area contributed by atoms with Gasteiger partial charge in [0.2, 0.25) is 0 Å². The fourth-order valence-corrected chi connectivity index (χ4v) is 1.92. The SMILES string of the molecule is Cc1cc(C(CC2CC2)NN)c(F)cc1F. The minimum Gasteiger partial charge on any atom is -0.271 e. The quantitative estimate of drug-likeness (QED) is 0.611. The van der Waals surface area contributed by atoms with E-state index in [-0.39, 0.29) is 6.04 Å². The average Bonchev–Trinajstić information content (AvgIpc) is 3.04. The molecule has 0 radical (unpaired) electrons. The lowest BCUT2D eigenvalue weighted by Crippen LogP contribution is -2.29. The van der Waals surface area contributed by atoms with Gasteiger partial charge in [0.05, 0.1) is 0 Å². The third-order valence-electron chi connectivity index (χ3n) is 3.12. The van der Waals surface area contributed by atoms with E-state index >= 15 is 0 Å². The highest BCUT2D eigenvalue weighted by atomic mass is 19.1. The highest BCUT2D eigenvalue weighted by molar-refractivity contribution is 5.28. The highest BCUT2D eigenvalue weighted by Crippen LogP contribution is 2.38. The van der Waals surface area contributed by atoms with Crippen LogP contribution in [0.3, 0.4) is 0 Å². The van der Waals surface area contributed by atoms with E-state index < -0.39 is 11.6 Å². The van der Waals surface area contributed by atoms with Gasteiger partial charge in [0.1, 0.15) is 11.6 Å². The van der Waals surface area contributed by atoms with Gasteiger partial charge < -0.3 is 0 Å². The summed E-state index contributed by atoms with van der Waals surface area (Å²) in [4.78, 5) is 0. The molecule has 0 amide bonds. The fourth-order valence-electron chi connectivity index (χ4n) is 1.92. The lowest BCUT2D eigenvalue weighted by Gasteiger charge is -2.17. The second-order valence-electron chi connectivity index (χ2n) is 4.52. The van der Waals surface area contributed by atoms with Gasteiger partial charge in [-0.15, -0.1) is 0 Å². The van der Waals surface area contributed by atoms with Gasteiger partial charge in [-0.2, -0.15) is 0 Å². The van der Waals surface area contributed by atoms with Gasteiger partial charge in [-0.3, -0.25) is 11.3 Å². The van der Waals surface area contributed by atoms with Crippen molar-refractivity contribution in [2.24, 2.45) is 11.8 Å². The van der Waals surface area contributed by atoms with E-state index in [2.05, 4.69) is 5.43 Å². The van der Waals surface area contributed by atoms with Crippen LogP contribution in [0, 0.1) is 24.5 Å². The second kappa shape index (κ2) is 4.47. The van der Waals surface area contributed by atoms with Crippen LogP contribution in [0.15, 0.2) is 12.1 Å². The topological polar surface area (TPSA) is 38.0 Å². The zero-order valence-corrected chi connectivity index (χ0v) is 9.26. The summed E-state index contributed by atoms with van der Waals surface area (Å²) < 4.78 is 26.7. The monoisotopic (exact) mass is 226 g/mol. The molecule has 2 nitrogen and oxygen atoms in total. The molecule has 0 aliphatic heterocycles. The van der Waals surface area contributed by atoms with Crippen molar-refractivity contribution in [2.75, 3.05) is 0 Å². The molecule has 1 saturated carbocycles. The first-order chi connectivity index (χ1) is 7.61. The molecule has 0 saturated heterocycles. The van der Waals surface area contributed by atoms with Crippen LogP contribution in [-0.4, -0.2) is 0 Å². The fraction of sp³-hybridized carbons (Fsp3) is 0.500. The molecule has 88 valence electrons. The van der Waals surface area contributed by atoms with Crippen molar-refractivity contribution < 1.29 is 8.78 Å². The molecule has 1 fully saturated rings. The maximum absolute atomic E-state index is 13.6. The number of hydrogen-bond donors (Lipinski definition) is 2. The van der Waals surface area contributed by atoms with Crippen molar-refractivity contribution >= 4 is 0 Å². The first-order valence-electron chi connectivity index (χ1n) is 5.53. The van der Waals surface area contributed by atoms with Gasteiger partial charge in [-0.1, -0.05) is 12.8 Å². The third-order valence-corrected chi connectivity index (χ3v) is 3.12. The molecule has 1 aliphatic rings. The Balaban J connectivity index is 2.25. The summed E-state index contributed by atoms with van der Waals surface area (Å²) >= 11 is 0. The first kappa shape index (κ1) is 11.5. The van der Waals surface area contributed by atoms with Crippen molar-refractivity contribution in [3.05, 3.63) is 34.9 Å². The molecule has 1 aromatic carbocycles. The summed E-state index contributed by atoms with van der Waals surface area (Å²) in [6.45, 7) is 1.63. The summed E-state index contributed by atoms with van der Waals surface area (Å²) in [5, 5.41) is 0. The normalized spacial score (nSPS) is 17.5. The Kier molecular flexibility index (Phi) is 3.21. The van der Waals surface area contributed by atoms with E-state index in [1.807, 2.05) is 0 Å². The summed E-state index contributed by atoms with van der Waals surface area (Å²) in [5.41, 5.74) is 3.53. The molecule has 1 atom stereocenters. The molecule has 0 spiro atoms. The van der Waals surface area contributed by atoms with E-state index in [1.54, 1.807) is 6.92 Å². The maximum Gasteiger partial charge on any atom is 0.130 e. The molecule has 3 N–H and O–H groups in total.